The molecular formula is C15H26F3N3O3. The lowest BCUT2D eigenvalue weighted by Gasteiger charge is -2.35. The van der Waals surface area contributed by atoms with Gasteiger partial charge in [-0.2, -0.15) is 13.2 Å². The Morgan fingerprint density at radius 1 is 1.17 bits per heavy atom. The molecule has 1 fully saturated rings. The quantitative estimate of drug-likeness (QED) is 0.794. The molecule has 1 saturated heterocycles. The van der Waals surface area contributed by atoms with Gasteiger partial charge < -0.3 is 15.4 Å². The maximum atomic E-state index is 12.1. The van der Waals surface area contributed by atoms with Crippen LogP contribution < -0.4 is 10.6 Å². The van der Waals surface area contributed by atoms with E-state index < -0.39 is 30.3 Å². The predicted molar refractivity (Wildman–Crippen MR) is 82.5 cm³/mol. The lowest BCUT2D eigenvalue weighted by atomic mass is 10.0. The van der Waals surface area contributed by atoms with Gasteiger partial charge in [0.2, 0.25) is 5.91 Å². The molecule has 0 aromatic rings. The maximum absolute atomic E-state index is 12.1. The van der Waals surface area contributed by atoms with Crippen LogP contribution in [-0.2, 0) is 9.53 Å². The van der Waals surface area contributed by atoms with E-state index in [0.717, 1.165) is 19.3 Å². The topological polar surface area (TPSA) is 70.7 Å². The van der Waals surface area contributed by atoms with Crippen LogP contribution in [0.4, 0.5) is 18.0 Å². The number of alkyl halides is 3. The summed E-state index contributed by atoms with van der Waals surface area (Å²) in [6.45, 7) is 4.72. The van der Waals surface area contributed by atoms with Gasteiger partial charge in [0.05, 0.1) is 6.54 Å². The van der Waals surface area contributed by atoms with E-state index in [1.807, 2.05) is 5.32 Å². The lowest BCUT2D eigenvalue weighted by Crippen LogP contribution is -2.51. The molecule has 0 saturated carbocycles. The zero-order valence-electron chi connectivity index (χ0n) is 14.3. The second-order valence-corrected chi connectivity index (χ2v) is 6.89. The maximum Gasteiger partial charge on any atom is 0.407 e. The molecule has 1 unspecified atom stereocenters. The molecule has 1 aliphatic heterocycles. The first kappa shape index (κ1) is 20.5. The molecule has 0 radical (unpaired) electrons. The van der Waals surface area contributed by atoms with E-state index in [1.165, 1.54) is 0 Å². The number of amides is 2. The number of hydrogen-bond donors (Lipinski definition) is 2. The Hall–Kier alpha value is -1.51. The van der Waals surface area contributed by atoms with Crippen LogP contribution in [0, 0.1) is 0 Å². The Morgan fingerprint density at radius 2 is 1.83 bits per heavy atom. The third-order valence-corrected chi connectivity index (χ3v) is 3.46. The Morgan fingerprint density at radius 3 is 2.42 bits per heavy atom. The highest BCUT2D eigenvalue weighted by atomic mass is 19.4. The molecule has 1 aliphatic rings. The first-order valence-electron chi connectivity index (χ1n) is 8.00. The number of hydrogen-bond acceptors (Lipinski definition) is 4. The first-order valence-corrected chi connectivity index (χ1v) is 8.00. The van der Waals surface area contributed by atoms with Crippen LogP contribution in [0.5, 0.6) is 0 Å². The number of halogens is 3. The Kier molecular flexibility index (Phi) is 7.31. The zero-order valence-corrected chi connectivity index (χ0v) is 14.3. The largest absolute Gasteiger partial charge is 0.444 e. The highest BCUT2D eigenvalue weighted by Gasteiger charge is 2.29. The summed E-state index contributed by atoms with van der Waals surface area (Å²) in [7, 11) is 0. The summed E-state index contributed by atoms with van der Waals surface area (Å²) < 4.78 is 41.5. The molecule has 24 heavy (non-hydrogen) atoms. The molecule has 140 valence electrons. The summed E-state index contributed by atoms with van der Waals surface area (Å²) in [6, 6.07) is -0.0945. The van der Waals surface area contributed by atoms with Crippen LogP contribution in [0.15, 0.2) is 0 Å². The van der Waals surface area contributed by atoms with E-state index in [-0.39, 0.29) is 12.6 Å². The Labute approximate surface area is 140 Å². The molecule has 0 spiro atoms. The molecule has 6 nitrogen and oxygen atoms in total. The van der Waals surface area contributed by atoms with Crippen molar-refractivity contribution in [2.24, 2.45) is 0 Å². The van der Waals surface area contributed by atoms with Crippen molar-refractivity contribution in [3.8, 4) is 0 Å². The molecule has 9 heteroatoms. The fourth-order valence-corrected chi connectivity index (χ4v) is 2.45. The first-order chi connectivity index (χ1) is 11.0. The van der Waals surface area contributed by atoms with Crippen molar-refractivity contribution in [2.45, 2.75) is 57.9 Å². The van der Waals surface area contributed by atoms with Gasteiger partial charge in [0.1, 0.15) is 12.1 Å². The van der Waals surface area contributed by atoms with E-state index in [4.69, 9.17) is 4.74 Å². The number of nitrogens with one attached hydrogen (secondary N) is 2. The van der Waals surface area contributed by atoms with E-state index in [1.54, 1.807) is 25.7 Å². The van der Waals surface area contributed by atoms with E-state index in [0.29, 0.717) is 13.1 Å². The molecule has 0 aromatic carbocycles. The second-order valence-electron chi connectivity index (χ2n) is 6.89. The van der Waals surface area contributed by atoms with Gasteiger partial charge in [-0.25, -0.2) is 4.79 Å². The Balaban J connectivity index is 2.44. The summed E-state index contributed by atoms with van der Waals surface area (Å²) >= 11 is 0. The van der Waals surface area contributed by atoms with Gasteiger partial charge in [-0.1, -0.05) is 6.42 Å². The van der Waals surface area contributed by atoms with Crippen molar-refractivity contribution in [2.75, 3.05) is 26.2 Å². The second kappa shape index (κ2) is 8.55. The summed E-state index contributed by atoms with van der Waals surface area (Å²) in [5.74, 6) is -0.670. The van der Waals surface area contributed by atoms with Crippen LogP contribution >= 0.6 is 0 Å². The number of piperidine rings is 1. The normalized spacial score (nSPS) is 19.7. The van der Waals surface area contributed by atoms with E-state index >= 15 is 0 Å². The smallest absolute Gasteiger partial charge is 0.407 e. The SMILES string of the molecule is CC(C)(C)OC(=O)NCC1CCCCN1CC(=O)NCC(F)(F)F. The number of rotatable bonds is 5. The Bertz CT molecular complexity index is 436. The van der Waals surface area contributed by atoms with Crippen LogP contribution in [-0.4, -0.2) is 60.9 Å². The minimum absolute atomic E-state index is 0.0945. The summed E-state index contributed by atoms with van der Waals surface area (Å²) in [5.41, 5.74) is -0.603. The standard InChI is InChI=1S/C15H26F3N3O3/c1-14(2,3)24-13(23)19-8-11-6-4-5-7-21(11)9-12(22)20-10-15(16,17)18/h11H,4-10H2,1-3H3,(H,19,23)(H,20,22). The summed E-state index contributed by atoms with van der Waals surface area (Å²) in [6.07, 6.45) is -2.39. The minimum Gasteiger partial charge on any atom is -0.444 e. The van der Waals surface area contributed by atoms with Crippen LogP contribution in [0.25, 0.3) is 0 Å². The fraction of sp³-hybridized carbons (Fsp3) is 0.867. The number of likely N-dealkylation sites (tertiary alicyclic amines) is 1. The van der Waals surface area contributed by atoms with Gasteiger partial charge in [0.25, 0.3) is 0 Å². The highest BCUT2D eigenvalue weighted by Crippen LogP contribution is 2.17. The third-order valence-electron chi connectivity index (χ3n) is 3.46. The molecule has 0 aromatic heterocycles. The predicted octanol–water partition coefficient (Wildman–Crippen LogP) is 2.04. The lowest BCUT2D eigenvalue weighted by molar-refractivity contribution is -0.139. The van der Waals surface area contributed by atoms with Crippen molar-refractivity contribution in [3.63, 3.8) is 0 Å². The number of nitrogens with zero attached hydrogens (tertiary/aromatic N) is 1. The highest BCUT2D eigenvalue weighted by molar-refractivity contribution is 5.78. The molecule has 1 atom stereocenters. The molecular weight excluding hydrogens is 327 g/mol. The monoisotopic (exact) mass is 353 g/mol. The molecule has 2 amide bonds. The van der Waals surface area contributed by atoms with E-state index in [2.05, 4.69) is 5.32 Å². The van der Waals surface area contributed by atoms with Gasteiger partial charge in [-0.3, -0.25) is 9.69 Å². The zero-order chi connectivity index (χ0) is 18.4. The average molecular weight is 353 g/mol. The average Bonchev–Trinajstić information content (AvgIpc) is 2.42. The van der Waals surface area contributed by atoms with Crippen LogP contribution in [0.1, 0.15) is 40.0 Å². The summed E-state index contributed by atoms with van der Waals surface area (Å²) in [5, 5.41) is 4.52. The van der Waals surface area contributed by atoms with Gasteiger partial charge in [-0.05, 0) is 40.2 Å². The molecule has 0 aliphatic carbocycles. The number of carbonyl (C=O) groups excluding carboxylic acids is 2. The van der Waals surface area contributed by atoms with E-state index in [9.17, 15) is 22.8 Å². The van der Waals surface area contributed by atoms with Crippen LogP contribution in [0.2, 0.25) is 0 Å². The van der Waals surface area contributed by atoms with Gasteiger partial charge in [0, 0.05) is 12.6 Å². The van der Waals surface area contributed by atoms with Gasteiger partial charge >= 0.3 is 12.3 Å². The van der Waals surface area contributed by atoms with Crippen LogP contribution in [0.3, 0.4) is 0 Å². The molecule has 0 bridgehead atoms. The fourth-order valence-electron chi connectivity index (χ4n) is 2.45. The van der Waals surface area contributed by atoms with Crippen molar-refractivity contribution in [3.05, 3.63) is 0 Å². The molecule has 1 rings (SSSR count). The van der Waals surface area contributed by atoms with Crippen molar-refractivity contribution in [1.29, 1.82) is 0 Å². The molecule has 2 N–H and O–H groups in total. The summed E-state index contributed by atoms with van der Waals surface area (Å²) in [4.78, 5) is 25.1. The van der Waals surface area contributed by atoms with Crippen molar-refractivity contribution >= 4 is 12.0 Å². The third kappa shape index (κ3) is 8.95. The van der Waals surface area contributed by atoms with Crippen molar-refractivity contribution < 1.29 is 27.5 Å². The van der Waals surface area contributed by atoms with Gasteiger partial charge in [-0.15, -0.1) is 0 Å². The minimum atomic E-state index is -4.42. The molecule has 1 heterocycles. The number of carbonyl (C=O) groups is 2. The number of ether oxygens (including phenoxy) is 1. The van der Waals surface area contributed by atoms with Gasteiger partial charge in [0.15, 0.2) is 0 Å². The van der Waals surface area contributed by atoms with Crippen molar-refractivity contribution in [1.82, 2.24) is 15.5 Å². The number of alkyl carbamates (subject to hydrolysis) is 1.